The number of ether oxygens (including phenoxy) is 1. The molecular formula is C28H35N5O6S2. The molecule has 1 aromatic carbocycles. The highest BCUT2D eigenvalue weighted by Crippen LogP contribution is 2.39. The van der Waals surface area contributed by atoms with Crippen LogP contribution in [0.3, 0.4) is 0 Å². The Morgan fingerprint density at radius 3 is 2.83 bits per heavy atom. The average molecular weight is 602 g/mol. The molecule has 3 aromatic rings. The maximum absolute atomic E-state index is 13.7. The van der Waals surface area contributed by atoms with E-state index in [-0.39, 0.29) is 24.5 Å². The number of rotatable bonds is 10. The van der Waals surface area contributed by atoms with E-state index < -0.39 is 22.3 Å². The predicted molar refractivity (Wildman–Crippen MR) is 155 cm³/mol. The Bertz CT molecular complexity index is 1530. The molecule has 220 valence electrons. The summed E-state index contributed by atoms with van der Waals surface area (Å²) in [7, 11) is -0.0149. The van der Waals surface area contributed by atoms with Gasteiger partial charge in [-0.05, 0) is 68.6 Å². The van der Waals surface area contributed by atoms with Gasteiger partial charge in [0.05, 0.1) is 29.8 Å². The van der Waals surface area contributed by atoms with Crippen LogP contribution in [0.4, 0.5) is 5.82 Å². The lowest BCUT2D eigenvalue weighted by Gasteiger charge is -2.27. The van der Waals surface area contributed by atoms with Gasteiger partial charge in [0.1, 0.15) is 18.2 Å². The Balaban J connectivity index is 1.35. The largest absolute Gasteiger partial charge is 0.393 e. The molecule has 11 nitrogen and oxygen atoms in total. The maximum Gasteiger partial charge on any atom is 0.333 e. The van der Waals surface area contributed by atoms with E-state index in [1.165, 1.54) is 35.0 Å². The number of nitrogens with one attached hydrogen (secondary N) is 1. The summed E-state index contributed by atoms with van der Waals surface area (Å²) in [4.78, 5) is 25.8. The first kappa shape index (κ1) is 29.7. The second-order valence-corrected chi connectivity index (χ2v) is 13.4. The maximum atomic E-state index is 13.7. The number of nitrogens with zero attached hydrogens (tertiary/aromatic N) is 3. The average Bonchev–Trinajstić information content (AvgIpc) is 3.47. The van der Waals surface area contributed by atoms with Gasteiger partial charge in [-0.25, -0.2) is 15.1 Å². The predicted octanol–water partition coefficient (Wildman–Crippen LogP) is 2.57. The van der Waals surface area contributed by atoms with Crippen LogP contribution in [0.15, 0.2) is 36.8 Å². The zero-order valence-corrected chi connectivity index (χ0v) is 24.9. The molecule has 0 unspecified atom stereocenters. The number of aromatic nitrogens is 2. The van der Waals surface area contributed by atoms with Crippen LogP contribution in [0.5, 0.6) is 0 Å². The van der Waals surface area contributed by atoms with Crippen LogP contribution >= 0.6 is 11.3 Å². The number of carbonyl (C=O) groups excluding carboxylic acids is 1. The van der Waals surface area contributed by atoms with Gasteiger partial charge in [-0.15, -0.1) is 11.3 Å². The minimum atomic E-state index is -4.10. The third-order valence-electron chi connectivity index (χ3n) is 7.51. The molecule has 0 saturated heterocycles. The standard InChI is InChI=1S/C28H35N5O6S2/c1-16-21(27-22-8-17(13-33(2)3)4-5-18(22)6-7-38-27)11-25(40-16)26(35)23-12-30-15-31-28(23)32-20-9-19(24(34)10-20)14-39-41(29,36)37/h4-5,8,11-12,15,19-20,24,27,34H,6-7,9-10,13-14H2,1-3H3,(H2,29,36,37)(H,30,31,32)/t19-,20-,24+,27-/m1/s1. The molecule has 0 radical (unpaired) electrons. The van der Waals surface area contributed by atoms with Crippen LogP contribution in [-0.2, 0) is 32.2 Å². The van der Waals surface area contributed by atoms with Crippen molar-refractivity contribution in [3.05, 3.63) is 74.4 Å². The second-order valence-electron chi connectivity index (χ2n) is 10.9. The van der Waals surface area contributed by atoms with Crippen LogP contribution in [0, 0.1) is 12.8 Å². The van der Waals surface area contributed by atoms with Crippen molar-refractivity contribution in [2.75, 3.05) is 32.6 Å². The van der Waals surface area contributed by atoms with Crippen molar-refractivity contribution in [1.29, 1.82) is 0 Å². The molecule has 0 amide bonds. The van der Waals surface area contributed by atoms with E-state index in [9.17, 15) is 18.3 Å². The topological polar surface area (TPSA) is 157 Å². The van der Waals surface area contributed by atoms with E-state index in [1.807, 2.05) is 27.1 Å². The third-order valence-corrected chi connectivity index (χ3v) is 9.04. The highest BCUT2D eigenvalue weighted by atomic mass is 32.2. The molecule has 3 heterocycles. The molecule has 2 aromatic heterocycles. The van der Waals surface area contributed by atoms with Crippen LogP contribution in [0.25, 0.3) is 0 Å². The number of anilines is 1. The minimum absolute atomic E-state index is 0.211. The molecule has 4 N–H and O–H groups in total. The number of benzene rings is 1. The minimum Gasteiger partial charge on any atom is -0.393 e. The molecule has 1 fully saturated rings. The fraction of sp³-hybridized carbons (Fsp3) is 0.464. The number of aryl methyl sites for hydroxylation is 1. The second kappa shape index (κ2) is 12.2. The number of aliphatic hydroxyl groups excluding tert-OH is 1. The number of nitrogens with two attached hydrogens (primary N) is 1. The van der Waals surface area contributed by atoms with Crippen molar-refractivity contribution in [2.24, 2.45) is 11.1 Å². The van der Waals surface area contributed by atoms with Crippen molar-refractivity contribution in [3.8, 4) is 0 Å². The molecule has 5 rings (SSSR count). The van der Waals surface area contributed by atoms with E-state index in [4.69, 9.17) is 9.88 Å². The van der Waals surface area contributed by atoms with Gasteiger partial charge < -0.3 is 20.1 Å². The number of aliphatic hydroxyl groups is 1. The Kier molecular flexibility index (Phi) is 8.85. The third kappa shape index (κ3) is 7.00. The Hall–Kier alpha value is -2.78. The molecule has 1 aliphatic heterocycles. The van der Waals surface area contributed by atoms with Crippen molar-refractivity contribution in [3.63, 3.8) is 0 Å². The van der Waals surface area contributed by atoms with Crippen LogP contribution < -0.4 is 10.5 Å². The summed E-state index contributed by atoms with van der Waals surface area (Å²) in [5.41, 5.74) is 4.90. The van der Waals surface area contributed by atoms with Crippen LogP contribution in [0.1, 0.15) is 61.3 Å². The highest BCUT2D eigenvalue weighted by Gasteiger charge is 2.35. The first-order valence-electron chi connectivity index (χ1n) is 13.4. The van der Waals surface area contributed by atoms with Gasteiger partial charge in [0.2, 0.25) is 5.78 Å². The van der Waals surface area contributed by atoms with Gasteiger partial charge in [-0.1, -0.05) is 18.2 Å². The first-order chi connectivity index (χ1) is 19.5. The molecule has 4 atom stereocenters. The molecule has 0 bridgehead atoms. The van der Waals surface area contributed by atoms with Gasteiger partial charge in [-0.2, -0.15) is 8.42 Å². The monoisotopic (exact) mass is 601 g/mol. The smallest absolute Gasteiger partial charge is 0.333 e. The van der Waals surface area contributed by atoms with Gasteiger partial charge in [0, 0.05) is 29.6 Å². The molecule has 41 heavy (non-hydrogen) atoms. The number of carbonyl (C=O) groups is 1. The van der Waals surface area contributed by atoms with E-state index in [0.717, 1.165) is 29.0 Å². The Labute approximate surface area is 244 Å². The number of hydrogen-bond donors (Lipinski definition) is 3. The number of thiophene rings is 1. The molecular weight excluding hydrogens is 566 g/mol. The summed E-state index contributed by atoms with van der Waals surface area (Å²) in [6.07, 6.45) is 3.42. The normalized spacial score (nSPS) is 22.6. The van der Waals surface area contributed by atoms with Crippen LogP contribution in [0.2, 0.25) is 0 Å². The number of hydrogen-bond acceptors (Lipinski definition) is 11. The van der Waals surface area contributed by atoms with Crippen molar-refractivity contribution >= 4 is 33.2 Å². The van der Waals surface area contributed by atoms with Gasteiger partial charge in [-0.3, -0.25) is 8.98 Å². The SMILES string of the molecule is Cc1sc(C(=O)c2cncnc2N[C@@H]2C[C@H](COS(N)(=O)=O)[C@@H](O)C2)cc1[C@H]1OCCc2ccc(CN(C)C)cc21. The summed E-state index contributed by atoms with van der Waals surface area (Å²) in [6.45, 7) is 3.23. The number of ketones is 1. The van der Waals surface area contributed by atoms with E-state index in [2.05, 4.69) is 42.6 Å². The lowest BCUT2D eigenvalue weighted by atomic mass is 9.91. The lowest BCUT2D eigenvalue weighted by molar-refractivity contribution is 0.0696. The zero-order chi connectivity index (χ0) is 29.3. The summed E-state index contributed by atoms with van der Waals surface area (Å²) in [6, 6.07) is 8.23. The van der Waals surface area contributed by atoms with Crippen molar-refractivity contribution in [1.82, 2.24) is 14.9 Å². The van der Waals surface area contributed by atoms with E-state index >= 15 is 0 Å². The summed E-state index contributed by atoms with van der Waals surface area (Å²) >= 11 is 1.42. The first-order valence-corrected chi connectivity index (χ1v) is 15.7. The van der Waals surface area contributed by atoms with E-state index in [0.29, 0.717) is 35.7 Å². The van der Waals surface area contributed by atoms with E-state index in [1.54, 1.807) is 0 Å². The summed E-state index contributed by atoms with van der Waals surface area (Å²) < 4.78 is 33.3. The molecule has 2 aliphatic rings. The van der Waals surface area contributed by atoms with Crippen molar-refractivity contribution in [2.45, 2.75) is 51.0 Å². The van der Waals surface area contributed by atoms with Gasteiger partial charge in [0.25, 0.3) is 0 Å². The van der Waals surface area contributed by atoms with Crippen LogP contribution in [-0.4, -0.2) is 73.6 Å². The highest BCUT2D eigenvalue weighted by molar-refractivity contribution is 7.84. The fourth-order valence-corrected chi connectivity index (χ4v) is 6.97. The molecule has 0 spiro atoms. The molecule has 1 aliphatic carbocycles. The van der Waals surface area contributed by atoms with Gasteiger partial charge >= 0.3 is 10.3 Å². The summed E-state index contributed by atoms with van der Waals surface area (Å²) in [5, 5.41) is 18.6. The molecule has 13 heteroatoms. The lowest BCUT2D eigenvalue weighted by Crippen LogP contribution is -2.24. The summed E-state index contributed by atoms with van der Waals surface area (Å²) in [5.74, 6) is -0.279. The zero-order valence-electron chi connectivity index (χ0n) is 23.2. The Morgan fingerprint density at radius 1 is 1.27 bits per heavy atom. The van der Waals surface area contributed by atoms with Crippen molar-refractivity contribution < 1.29 is 27.2 Å². The fourth-order valence-electron chi connectivity index (χ4n) is 5.60. The number of fused-ring (bicyclic) bond motifs is 1. The Morgan fingerprint density at radius 2 is 2.07 bits per heavy atom. The quantitative estimate of drug-likeness (QED) is 0.295. The molecule has 1 saturated carbocycles. The van der Waals surface area contributed by atoms with Gasteiger partial charge in [0.15, 0.2) is 0 Å².